The molecule has 2 heterocycles. The minimum Gasteiger partial charge on any atom is -0.330 e. The number of rotatable bonds is 6. The van der Waals surface area contributed by atoms with Gasteiger partial charge < -0.3 is 5.73 Å². The summed E-state index contributed by atoms with van der Waals surface area (Å²) in [5.74, 6) is 0.219. The summed E-state index contributed by atoms with van der Waals surface area (Å²) in [6.45, 7) is 2.80. The maximum absolute atomic E-state index is 6.51. The first-order valence-corrected chi connectivity index (χ1v) is 10.3. The van der Waals surface area contributed by atoms with Crippen molar-refractivity contribution in [3.05, 3.63) is 70.6 Å². The maximum Gasteiger partial charge on any atom is 0.134 e. The molecule has 5 nitrogen and oxygen atoms in total. The molecule has 0 aliphatic rings. The standard InChI is InChI=1S/C22H21Cl2N5/c1-14(5-4-12-25)19-20-21(27-13-26-19)22(15-8-10-16(23)11-9-15)29(28-20)18-7-3-2-6-17(18)24/h2-3,6-11,13-14H,4-5,12,25H2,1H3. The Balaban J connectivity index is 1.99. The van der Waals surface area contributed by atoms with Crippen LogP contribution in [-0.2, 0) is 0 Å². The first-order chi connectivity index (χ1) is 14.1. The van der Waals surface area contributed by atoms with Crippen LogP contribution in [0.4, 0.5) is 0 Å². The van der Waals surface area contributed by atoms with Gasteiger partial charge in [0.25, 0.3) is 0 Å². The van der Waals surface area contributed by atoms with Gasteiger partial charge in [-0.2, -0.15) is 5.10 Å². The zero-order valence-electron chi connectivity index (χ0n) is 16.0. The molecule has 1 atom stereocenters. The van der Waals surface area contributed by atoms with E-state index in [9.17, 15) is 0 Å². The normalized spacial score (nSPS) is 12.4. The first kappa shape index (κ1) is 19.8. The first-order valence-electron chi connectivity index (χ1n) is 9.54. The molecule has 0 bridgehead atoms. The molecule has 1 unspecified atom stereocenters. The van der Waals surface area contributed by atoms with Crippen molar-refractivity contribution >= 4 is 34.2 Å². The molecule has 148 valence electrons. The Hall–Kier alpha value is -2.47. The summed E-state index contributed by atoms with van der Waals surface area (Å²) in [7, 11) is 0. The van der Waals surface area contributed by atoms with Crippen LogP contribution in [0.25, 0.3) is 28.0 Å². The van der Waals surface area contributed by atoms with E-state index in [0.717, 1.165) is 46.5 Å². The average Bonchev–Trinajstić information content (AvgIpc) is 3.12. The maximum atomic E-state index is 6.51. The molecule has 2 aromatic heterocycles. The third kappa shape index (κ3) is 3.86. The fraction of sp³-hybridized carbons (Fsp3) is 0.227. The van der Waals surface area contributed by atoms with Crippen molar-refractivity contribution in [2.45, 2.75) is 25.7 Å². The Bertz CT molecular complexity index is 1140. The number of hydrogen-bond donors (Lipinski definition) is 1. The van der Waals surface area contributed by atoms with Crippen LogP contribution in [0.3, 0.4) is 0 Å². The Morgan fingerprint density at radius 2 is 1.76 bits per heavy atom. The molecule has 0 aliphatic carbocycles. The number of nitrogens with two attached hydrogens (primary N) is 1. The van der Waals surface area contributed by atoms with Crippen molar-refractivity contribution in [2.24, 2.45) is 5.73 Å². The summed E-state index contributed by atoms with van der Waals surface area (Å²) >= 11 is 12.6. The number of benzene rings is 2. The van der Waals surface area contributed by atoms with E-state index in [-0.39, 0.29) is 5.92 Å². The summed E-state index contributed by atoms with van der Waals surface area (Å²) in [5, 5.41) is 6.20. The molecule has 29 heavy (non-hydrogen) atoms. The molecule has 2 N–H and O–H groups in total. The highest BCUT2D eigenvalue weighted by atomic mass is 35.5. The molecular weight excluding hydrogens is 405 g/mol. The summed E-state index contributed by atoms with van der Waals surface area (Å²) in [6.07, 6.45) is 3.48. The van der Waals surface area contributed by atoms with E-state index in [1.807, 2.05) is 53.2 Å². The molecule has 0 fully saturated rings. The van der Waals surface area contributed by atoms with Gasteiger partial charge in [0.2, 0.25) is 0 Å². The second-order valence-corrected chi connectivity index (χ2v) is 7.85. The van der Waals surface area contributed by atoms with Crippen LogP contribution in [0.1, 0.15) is 31.4 Å². The minimum absolute atomic E-state index is 0.219. The third-order valence-electron chi connectivity index (χ3n) is 4.99. The van der Waals surface area contributed by atoms with Gasteiger partial charge in [-0.05, 0) is 43.7 Å². The Morgan fingerprint density at radius 1 is 1.00 bits per heavy atom. The summed E-state index contributed by atoms with van der Waals surface area (Å²) in [6, 6.07) is 15.3. The number of halogens is 2. The summed E-state index contributed by atoms with van der Waals surface area (Å²) in [4.78, 5) is 9.14. The highest BCUT2D eigenvalue weighted by Gasteiger charge is 2.22. The van der Waals surface area contributed by atoms with Crippen LogP contribution in [0.2, 0.25) is 10.0 Å². The largest absolute Gasteiger partial charge is 0.330 e. The molecule has 0 aliphatic heterocycles. The monoisotopic (exact) mass is 425 g/mol. The predicted octanol–water partition coefficient (Wildman–Crippen LogP) is 5.63. The fourth-order valence-electron chi connectivity index (χ4n) is 3.50. The van der Waals surface area contributed by atoms with E-state index < -0.39 is 0 Å². The van der Waals surface area contributed by atoms with E-state index in [0.29, 0.717) is 16.6 Å². The highest BCUT2D eigenvalue weighted by Crippen LogP contribution is 2.35. The topological polar surface area (TPSA) is 69.6 Å². The average molecular weight is 426 g/mol. The van der Waals surface area contributed by atoms with Crippen molar-refractivity contribution in [1.29, 1.82) is 0 Å². The molecule has 0 radical (unpaired) electrons. The van der Waals surface area contributed by atoms with Crippen LogP contribution in [-0.4, -0.2) is 26.3 Å². The third-order valence-corrected chi connectivity index (χ3v) is 5.56. The molecular formula is C22H21Cl2N5. The van der Waals surface area contributed by atoms with E-state index >= 15 is 0 Å². The summed E-state index contributed by atoms with van der Waals surface area (Å²) in [5.41, 5.74) is 10.8. The van der Waals surface area contributed by atoms with E-state index in [4.69, 9.17) is 34.0 Å². The number of hydrogen-bond acceptors (Lipinski definition) is 4. The molecule has 0 saturated carbocycles. The van der Waals surface area contributed by atoms with Crippen molar-refractivity contribution in [3.8, 4) is 16.9 Å². The Labute approximate surface area is 179 Å². The van der Waals surface area contributed by atoms with Crippen LogP contribution < -0.4 is 5.73 Å². The van der Waals surface area contributed by atoms with Crippen molar-refractivity contribution in [2.75, 3.05) is 6.54 Å². The molecule has 4 aromatic rings. The lowest BCUT2D eigenvalue weighted by Gasteiger charge is -2.10. The van der Waals surface area contributed by atoms with Crippen molar-refractivity contribution < 1.29 is 0 Å². The van der Waals surface area contributed by atoms with Gasteiger partial charge in [-0.3, -0.25) is 0 Å². The van der Waals surface area contributed by atoms with Gasteiger partial charge in [-0.1, -0.05) is 54.4 Å². The SMILES string of the molecule is CC(CCCN)c1ncnc2c(-c3ccc(Cl)cc3)n(-c3ccccc3Cl)nc12. The molecule has 7 heteroatoms. The highest BCUT2D eigenvalue weighted by molar-refractivity contribution is 6.32. The lowest BCUT2D eigenvalue weighted by molar-refractivity contribution is 0.628. The molecule has 4 rings (SSSR count). The van der Waals surface area contributed by atoms with Gasteiger partial charge in [0, 0.05) is 16.5 Å². The van der Waals surface area contributed by atoms with Gasteiger partial charge in [-0.15, -0.1) is 0 Å². The molecule has 0 spiro atoms. The van der Waals surface area contributed by atoms with Gasteiger partial charge in [0.05, 0.1) is 16.4 Å². The Kier molecular flexibility index (Phi) is 5.81. The number of para-hydroxylation sites is 1. The minimum atomic E-state index is 0.219. The lowest BCUT2D eigenvalue weighted by atomic mass is 10.00. The molecule has 0 saturated heterocycles. The van der Waals surface area contributed by atoms with E-state index in [1.165, 1.54) is 0 Å². The molecule has 2 aromatic carbocycles. The van der Waals surface area contributed by atoms with Crippen LogP contribution in [0, 0.1) is 0 Å². The quantitative estimate of drug-likeness (QED) is 0.434. The van der Waals surface area contributed by atoms with Gasteiger partial charge >= 0.3 is 0 Å². The van der Waals surface area contributed by atoms with Gasteiger partial charge in [0.15, 0.2) is 0 Å². The predicted molar refractivity (Wildman–Crippen MR) is 119 cm³/mol. The van der Waals surface area contributed by atoms with Crippen molar-refractivity contribution in [3.63, 3.8) is 0 Å². The van der Waals surface area contributed by atoms with Crippen LogP contribution in [0.5, 0.6) is 0 Å². The number of fused-ring (bicyclic) bond motifs is 1. The van der Waals surface area contributed by atoms with E-state index in [1.54, 1.807) is 6.33 Å². The van der Waals surface area contributed by atoms with Gasteiger partial charge in [0.1, 0.15) is 23.1 Å². The van der Waals surface area contributed by atoms with Crippen LogP contribution >= 0.6 is 23.2 Å². The fourth-order valence-corrected chi connectivity index (χ4v) is 3.84. The molecule has 0 amide bonds. The zero-order valence-corrected chi connectivity index (χ0v) is 17.5. The second kappa shape index (κ2) is 8.49. The van der Waals surface area contributed by atoms with E-state index in [2.05, 4.69) is 16.9 Å². The number of nitrogens with zero attached hydrogens (tertiary/aromatic N) is 4. The van der Waals surface area contributed by atoms with Crippen LogP contribution in [0.15, 0.2) is 54.9 Å². The second-order valence-electron chi connectivity index (χ2n) is 7.01. The van der Waals surface area contributed by atoms with Gasteiger partial charge in [-0.25, -0.2) is 14.6 Å². The Morgan fingerprint density at radius 3 is 2.48 bits per heavy atom. The lowest BCUT2D eigenvalue weighted by Crippen LogP contribution is -2.04. The smallest absolute Gasteiger partial charge is 0.134 e. The summed E-state index contributed by atoms with van der Waals surface area (Å²) < 4.78 is 1.85. The van der Waals surface area contributed by atoms with Crippen molar-refractivity contribution in [1.82, 2.24) is 19.7 Å². The number of aromatic nitrogens is 4. The zero-order chi connectivity index (χ0) is 20.4.